The van der Waals surface area contributed by atoms with Crippen molar-refractivity contribution in [3.63, 3.8) is 0 Å². The highest BCUT2D eigenvalue weighted by molar-refractivity contribution is 5.98. The molecule has 0 radical (unpaired) electrons. The van der Waals surface area contributed by atoms with Crippen molar-refractivity contribution in [3.8, 4) is 0 Å². The summed E-state index contributed by atoms with van der Waals surface area (Å²) in [5.74, 6) is -1.88. The summed E-state index contributed by atoms with van der Waals surface area (Å²) in [6.07, 6.45) is -0.674. The summed E-state index contributed by atoms with van der Waals surface area (Å²) in [5, 5.41) is 12.7. The Bertz CT molecular complexity index is 423. The second-order valence-corrected chi connectivity index (χ2v) is 5.16. The second kappa shape index (κ2) is 9.72. The Morgan fingerprint density at radius 3 is 1.68 bits per heavy atom. The van der Waals surface area contributed by atoms with E-state index in [-0.39, 0.29) is 19.5 Å². The van der Waals surface area contributed by atoms with Gasteiger partial charge in [-0.25, -0.2) is 0 Å². The lowest BCUT2D eigenvalue weighted by atomic mass is 10.2. The molecule has 0 unspecified atom stereocenters. The van der Waals surface area contributed by atoms with Gasteiger partial charge >= 0.3 is 0 Å². The summed E-state index contributed by atoms with van der Waals surface area (Å²) in [7, 11) is 1.66. The van der Waals surface area contributed by atoms with Crippen LogP contribution in [0.2, 0.25) is 0 Å². The van der Waals surface area contributed by atoms with Crippen molar-refractivity contribution >= 4 is 23.6 Å². The number of rotatable bonds is 9. The van der Waals surface area contributed by atoms with Gasteiger partial charge in [-0.15, -0.1) is 0 Å². The first-order chi connectivity index (χ1) is 10.2. The maximum atomic E-state index is 11.7. The summed E-state index contributed by atoms with van der Waals surface area (Å²) >= 11 is 0. The van der Waals surface area contributed by atoms with Gasteiger partial charge in [0.05, 0.1) is 6.67 Å². The van der Waals surface area contributed by atoms with Gasteiger partial charge in [0.1, 0.15) is 18.5 Å². The number of carbonyl (C=O) groups excluding carboxylic acids is 4. The van der Waals surface area contributed by atoms with Gasteiger partial charge in [0.25, 0.3) is 0 Å². The second-order valence-electron chi connectivity index (χ2n) is 5.16. The monoisotopic (exact) mass is 315 g/mol. The Morgan fingerprint density at radius 2 is 1.27 bits per heavy atom. The minimum atomic E-state index is -1.07. The molecule has 0 saturated carbocycles. The zero-order chi connectivity index (χ0) is 17.2. The highest BCUT2D eigenvalue weighted by atomic mass is 16.2. The van der Waals surface area contributed by atoms with Crippen LogP contribution in [-0.4, -0.2) is 49.6 Å². The summed E-state index contributed by atoms with van der Waals surface area (Å²) in [4.78, 5) is 46.1. The molecule has 4 amide bonds. The van der Waals surface area contributed by atoms with E-state index < -0.39 is 29.3 Å². The average molecular weight is 315 g/mol. The van der Waals surface area contributed by atoms with E-state index in [0.717, 1.165) is 0 Å². The van der Waals surface area contributed by atoms with Gasteiger partial charge in [-0.3, -0.25) is 19.2 Å². The molecule has 0 aliphatic carbocycles. The summed E-state index contributed by atoms with van der Waals surface area (Å²) in [6, 6.07) is 0. The molecule has 126 valence electrons. The predicted molar refractivity (Wildman–Crippen MR) is 80.4 cm³/mol. The fourth-order valence-corrected chi connectivity index (χ4v) is 1.62. The van der Waals surface area contributed by atoms with Gasteiger partial charge in [0.15, 0.2) is 0 Å². The minimum Gasteiger partial charge on any atom is -0.356 e. The Balaban J connectivity index is 4.26. The predicted octanol–water partition coefficient (Wildman–Crippen LogP) is -1.84. The molecule has 5 N–H and O–H groups in total. The largest absolute Gasteiger partial charge is 0.356 e. The van der Waals surface area contributed by atoms with Crippen LogP contribution in [0, 0.1) is 0 Å². The van der Waals surface area contributed by atoms with Crippen LogP contribution in [0.1, 0.15) is 33.6 Å². The third-order valence-corrected chi connectivity index (χ3v) is 2.38. The van der Waals surface area contributed by atoms with E-state index in [1.807, 2.05) is 0 Å². The van der Waals surface area contributed by atoms with E-state index >= 15 is 0 Å². The van der Waals surface area contributed by atoms with E-state index in [1.54, 1.807) is 27.8 Å². The maximum absolute atomic E-state index is 11.7. The normalized spacial score (nSPS) is 10.5. The van der Waals surface area contributed by atoms with E-state index in [4.69, 9.17) is 0 Å². The van der Waals surface area contributed by atoms with Crippen molar-refractivity contribution in [3.05, 3.63) is 0 Å². The molecule has 9 heteroatoms. The molecule has 0 atom stereocenters. The molecule has 0 rings (SSSR count). The highest BCUT2D eigenvalue weighted by Gasteiger charge is 2.24. The lowest BCUT2D eigenvalue weighted by Crippen LogP contribution is -2.57. The summed E-state index contributed by atoms with van der Waals surface area (Å²) in [5.41, 5.74) is -1.07. The zero-order valence-electron chi connectivity index (χ0n) is 13.5. The van der Waals surface area contributed by atoms with Gasteiger partial charge in [-0.2, -0.15) is 0 Å². The van der Waals surface area contributed by atoms with Crippen molar-refractivity contribution < 1.29 is 19.2 Å². The van der Waals surface area contributed by atoms with E-state index in [9.17, 15) is 19.2 Å². The quantitative estimate of drug-likeness (QED) is 0.252. The topological polar surface area (TPSA) is 128 Å². The summed E-state index contributed by atoms with van der Waals surface area (Å²) in [6.45, 7) is 5.57. The fraction of sp³-hybridized carbons (Fsp3) is 0.692. The standard InChI is InChI=1S/C13H25N5O4/c1-5-15-9(19)6-11(21)17-13(2,3)18-12(22)7-10(20)16-8-14-4/h14H,5-8H2,1-4H3,(H,15,19)(H,16,20)(H,17,21)(H,18,22). The molecule has 0 aromatic carbocycles. The third kappa shape index (κ3) is 9.70. The van der Waals surface area contributed by atoms with Crippen molar-refractivity contribution in [2.45, 2.75) is 39.3 Å². The van der Waals surface area contributed by atoms with E-state index in [0.29, 0.717) is 6.54 Å². The maximum Gasteiger partial charge on any atom is 0.231 e. The van der Waals surface area contributed by atoms with Crippen molar-refractivity contribution in [2.24, 2.45) is 0 Å². The molecule has 9 nitrogen and oxygen atoms in total. The van der Waals surface area contributed by atoms with Gasteiger partial charge in [-0.05, 0) is 27.8 Å². The molecule has 0 bridgehead atoms. The van der Waals surface area contributed by atoms with Crippen LogP contribution in [0.3, 0.4) is 0 Å². The molecule has 0 spiro atoms. The lowest BCUT2D eigenvalue weighted by Gasteiger charge is -2.27. The molecule has 0 saturated heterocycles. The Hall–Kier alpha value is -2.16. The van der Waals surface area contributed by atoms with Crippen LogP contribution in [0.4, 0.5) is 0 Å². The van der Waals surface area contributed by atoms with Crippen LogP contribution < -0.4 is 26.6 Å². The third-order valence-electron chi connectivity index (χ3n) is 2.38. The van der Waals surface area contributed by atoms with Gasteiger partial charge in [0.2, 0.25) is 23.6 Å². The van der Waals surface area contributed by atoms with Crippen LogP contribution in [0.25, 0.3) is 0 Å². The number of amides is 4. The molecular weight excluding hydrogens is 290 g/mol. The number of hydrogen-bond donors (Lipinski definition) is 5. The number of hydrogen-bond acceptors (Lipinski definition) is 5. The van der Waals surface area contributed by atoms with Gasteiger partial charge in [0, 0.05) is 6.54 Å². The number of nitrogens with one attached hydrogen (secondary N) is 5. The number of carbonyl (C=O) groups is 4. The van der Waals surface area contributed by atoms with Crippen LogP contribution in [0.5, 0.6) is 0 Å². The first-order valence-corrected chi connectivity index (χ1v) is 7.00. The SMILES string of the molecule is CCNC(=O)CC(=O)NC(C)(C)NC(=O)CC(=O)NCNC. The molecule has 0 aromatic rings. The molecular formula is C13H25N5O4. The summed E-state index contributed by atoms with van der Waals surface area (Å²) < 4.78 is 0. The van der Waals surface area contributed by atoms with Crippen molar-refractivity contribution in [1.82, 2.24) is 26.6 Å². The molecule has 0 aliphatic heterocycles. The van der Waals surface area contributed by atoms with Crippen LogP contribution in [0.15, 0.2) is 0 Å². The fourth-order valence-electron chi connectivity index (χ4n) is 1.62. The molecule has 22 heavy (non-hydrogen) atoms. The smallest absolute Gasteiger partial charge is 0.231 e. The first-order valence-electron chi connectivity index (χ1n) is 7.00. The van der Waals surface area contributed by atoms with Crippen LogP contribution >= 0.6 is 0 Å². The highest BCUT2D eigenvalue weighted by Crippen LogP contribution is 1.99. The Morgan fingerprint density at radius 1 is 0.818 bits per heavy atom. The lowest BCUT2D eigenvalue weighted by molar-refractivity contribution is -0.131. The van der Waals surface area contributed by atoms with Gasteiger partial charge < -0.3 is 26.6 Å². The zero-order valence-corrected chi connectivity index (χ0v) is 13.5. The van der Waals surface area contributed by atoms with Gasteiger partial charge in [-0.1, -0.05) is 0 Å². The Labute approximate surface area is 130 Å². The van der Waals surface area contributed by atoms with Crippen molar-refractivity contribution in [1.29, 1.82) is 0 Å². The van der Waals surface area contributed by atoms with E-state index in [2.05, 4.69) is 26.6 Å². The van der Waals surface area contributed by atoms with Crippen LogP contribution in [-0.2, 0) is 19.2 Å². The molecule has 0 fully saturated rings. The molecule has 0 heterocycles. The first kappa shape index (κ1) is 19.8. The van der Waals surface area contributed by atoms with Crippen molar-refractivity contribution in [2.75, 3.05) is 20.3 Å². The molecule has 0 aromatic heterocycles. The van der Waals surface area contributed by atoms with E-state index in [1.165, 1.54) is 0 Å². The Kier molecular flexibility index (Phi) is 8.76. The molecule has 0 aliphatic rings. The average Bonchev–Trinajstić information content (AvgIpc) is 2.34. The minimum absolute atomic E-state index is 0.263.